The Labute approximate surface area is 112 Å². The molecule has 1 atom stereocenters. The maximum absolute atomic E-state index is 11.2. The van der Waals surface area contributed by atoms with Gasteiger partial charge in [0.15, 0.2) is 0 Å². The van der Waals surface area contributed by atoms with Gasteiger partial charge in [0, 0.05) is 6.04 Å². The standard InChI is InChI=1S/C16H17NO2/c1-11(17)10-12-6-8-13(9-7-12)14-4-2-3-5-15(14)16(18)19/h2-9,11H,10,17H2,1H3,(H,18,19). The summed E-state index contributed by atoms with van der Waals surface area (Å²) < 4.78 is 0. The van der Waals surface area contributed by atoms with Crippen molar-refractivity contribution in [2.75, 3.05) is 0 Å². The summed E-state index contributed by atoms with van der Waals surface area (Å²) in [5.74, 6) is -0.907. The number of benzene rings is 2. The first-order chi connectivity index (χ1) is 9.08. The summed E-state index contributed by atoms with van der Waals surface area (Å²) in [6, 6.07) is 15.0. The van der Waals surface area contributed by atoms with Crippen LogP contribution in [0.25, 0.3) is 11.1 Å². The molecule has 19 heavy (non-hydrogen) atoms. The Balaban J connectivity index is 2.35. The van der Waals surface area contributed by atoms with Crippen LogP contribution in [0.5, 0.6) is 0 Å². The SMILES string of the molecule is CC(N)Cc1ccc(-c2ccccc2C(=O)O)cc1. The number of hydrogen-bond acceptors (Lipinski definition) is 2. The van der Waals surface area contributed by atoms with Gasteiger partial charge in [-0.25, -0.2) is 4.79 Å². The second kappa shape index (κ2) is 5.67. The fraction of sp³-hybridized carbons (Fsp3) is 0.188. The lowest BCUT2D eigenvalue weighted by Gasteiger charge is -2.08. The van der Waals surface area contributed by atoms with Crippen LogP contribution in [0.3, 0.4) is 0 Å². The van der Waals surface area contributed by atoms with E-state index in [-0.39, 0.29) is 6.04 Å². The molecule has 1 unspecified atom stereocenters. The smallest absolute Gasteiger partial charge is 0.336 e. The molecule has 0 aliphatic carbocycles. The summed E-state index contributed by atoms with van der Waals surface area (Å²) in [6.07, 6.45) is 0.820. The Morgan fingerprint density at radius 2 is 1.79 bits per heavy atom. The number of carboxylic acids is 1. The summed E-state index contributed by atoms with van der Waals surface area (Å²) in [5, 5.41) is 9.18. The van der Waals surface area contributed by atoms with Gasteiger partial charge >= 0.3 is 5.97 Å². The number of carbonyl (C=O) groups is 1. The zero-order valence-electron chi connectivity index (χ0n) is 10.8. The molecule has 0 aliphatic heterocycles. The van der Waals surface area contributed by atoms with E-state index >= 15 is 0 Å². The van der Waals surface area contributed by atoms with Crippen molar-refractivity contribution in [1.29, 1.82) is 0 Å². The molecule has 0 fully saturated rings. The highest BCUT2D eigenvalue weighted by Gasteiger charge is 2.10. The second-order valence-corrected chi connectivity index (χ2v) is 4.73. The molecule has 0 spiro atoms. The fourth-order valence-corrected chi connectivity index (χ4v) is 2.11. The van der Waals surface area contributed by atoms with Gasteiger partial charge in [-0.05, 0) is 36.1 Å². The van der Waals surface area contributed by atoms with E-state index < -0.39 is 5.97 Å². The van der Waals surface area contributed by atoms with Gasteiger partial charge < -0.3 is 10.8 Å². The van der Waals surface area contributed by atoms with E-state index in [0.717, 1.165) is 23.1 Å². The highest BCUT2D eigenvalue weighted by molar-refractivity contribution is 5.95. The Morgan fingerprint density at radius 1 is 1.16 bits per heavy atom. The molecule has 0 radical (unpaired) electrons. The molecular formula is C16H17NO2. The minimum Gasteiger partial charge on any atom is -0.478 e. The molecule has 2 aromatic carbocycles. The van der Waals surface area contributed by atoms with Crippen molar-refractivity contribution < 1.29 is 9.90 Å². The summed E-state index contributed by atoms with van der Waals surface area (Å²) in [4.78, 5) is 11.2. The van der Waals surface area contributed by atoms with Crippen LogP contribution >= 0.6 is 0 Å². The quantitative estimate of drug-likeness (QED) is 0.882. The van der Waals surface area contributed by atoms with E-state index in [0.29, 0.717) is 5.56 Å². The largest absolute Gasteiger partial charge is 0.478 e. The average Bonchev–Trinajstić information content (AvgIpc) is 2.39. The minimum absolute atomic E-state index is 0.122. The highest BCUT2D eigenvalue weighted by atomic mass is 16.4. The van der Waals surface area contributed by atoms with Crippen LogP contribution < -0.4 is 5.73 Å². The Morgan fingerprint density at radius 3 is 2.37 bits per heavy atom. The Kier molecular flexibility index (Phi) is 3.97. The molecule has 98 valence electrons. The van der Waals surface area contributed by atoms with Crippen LogP contribution in [0.15, 0.2) is 48.5 Å². The first kappa shape index (κ1) is 13.3. The lowest BCUT2D eigenvalue weighted by atomic mass is 9.97. The lowest BCUT2D eigenvalue weighted by molar-refractivity contribution is 0.0697. The van der Waals surface area contributed by atoms with Crippen molar-refractivity contribution in [2.24, 2.45) is 5.73 Å². The zero-order valence-corrected chi connectivity index (χ0v) is 10.8. The van der Waals surface area contributed by atoms with E-state index in [9.17, 15) is 9.90 Å². The fourth-order valence-electron chi connectivity index (χ4n) is 2.11. The third kappa shape index (κ3) is 3.20. The predicted molar refractivity (Wildman–Crippen MR) is 76.2 cm³/mol. The lowest BCUT2D eigenvalue weighted by Crippen LogP contribution is -2.17. The molecule has 0 bridgehead atoms. The Hall–Kier alpha value is -2.13. The van der Waals surface area contributed by atoms with Crippen LogP contribution in [0.1, 0.15) is 22.8 Å². The Bertz CT molecular complexity index is 574. The highest BCUT2D eigenvalue weighted by Crippen LogP contribution is 2.24. The number of aromatic carboxylic acids is 1. The number of nitrogens with two attached hydrogens (primary N) is 1. The van der Waals surface area contributed by atoms with Gasteiger partial charge in [0.25, 0.3) is 0 Å². The van der Waals surface area contributed by atoms with Crippen molar-refractivity contribution in [2.45, 2.75) is 19.4 Å². The van der Waals surface area contributed by atoms with E-state index in [2.05, 4.69) is 0 Å². The van der Waals surface area contributed by atoms with Crippen LogP contribution in [0.4, 0.5) is 0 Å². The van der Waals surface area contributed by atoms with Gasteiger partial charge in [0.1, 0.15) is 0 Å². The maximum atomic E-state index is 11.2. The van der Waals surface area contributed by atoms with Crippen molar-refractivity contribution in [3.05, 3.63) is 59.7 Å². The van der Waals surface area contributed by atoms with Gasteiger partial charge in [-0.15, -0.1) is 0 Å². The number of hydrogen-bond donors (Lipinski definition) is 2. The third-order valence-electron chi connectivity index (χ3n) is 2.98. The van der Waals surface area contributed by atoms with Crippen LogP contribution in [-0.4, -0.2) is 17.1 Å². The van der Waals surface area contributed by atoms with Crippen molar-refractivity contribution in [3.63, 3.8) is 0 Å². The van der Waals surface area contributed by atoms with Gasteiger partial charge in [-0.1, -0.05) is 42.5 Å². The van der Waals surface area contributed by atoms with Crippen molar-refractivity contribution in [3.8, 4) is 11.1 Å². The summed E-state index contributed by atoms with van der Waals surface area (Å²) in [5.41, 5.74) is 8.89. The summed E-state index contributed by atoms with van der Waals surface area (Å²) in [6.45, 7) is 1.97. The molecule has 2 rings (SSSR count). The summed E-state index contributed by atoms with van der Waals surface area (Å²) >= 11 is 0. The zero-order chi connectivity index (χ0) is 13.8. The van der Waals surface area contributed by atoms with Gasteiger partial charge in [-0.3, -0.25) is 0 Å². The van der Waals surface area contributed by atoms with Crippen molar-refractivity contribution >= 4 is 5.97 Å². The monoisotopic (exact) mass is 255 g/mol. The second-order valence-electron chi connectivity index (χ2n) is 4.73. The first-order valence-corrected chi connectivity index (χ1v) is 6.25. The first-order valence-electron chi connectivity index (χ1n) is 6.25. The molecule has 0 saturated carbocycles. The minimum atomic E-state index is -0.907. The normalized spacial score (nSPS) is 12.1. The molecule has 0 aliphatic rings. The van der Waals surface area contributed by atoms with Crippen LogP contribution in [0.2, 0.25) is 0 Å². The van der Waals surface area contributed by atoms with Crippen molar-refractivity contribution in [1.82, 2.24) is 0 Å². The van der Waals surface area contributed by atoms with Crippen LogP contribution in [-0.2, 0) is 6.42 Å². The van der Waals surface area contributed by atoms with E-state index in [1.807, 2.05) is 43.3 Å². The number of rotatable bonds is 4. The van der Waals surface area contributed by atoms with Crippen LogP contribution in [0, 0.1) is 0 Å². The third-order valence-corrected chi connectivity index (χ3v) is 2.98. The van der Waals surface area contributed by atoms with E-state index in [4.69, 9.17) is 5.73 Å². The number of carboxylic acid groups (broad SMARTS) is 1. The molecule has 2 aromatic rings. The molecular weight excluding hydrogens is 238 g/mol. The average molecular weight is 255 g/mol. The molecule has 3 nitrogen and oxygen atoms in total. The molecule has 3 N–H and O–H groups in total. The predicted octanol–water partition coefficient (Wildman–Crippen LogP) is 2.94. The molecule has 0 aromatic heterocycles. The molecule has 0 heterocycles. The van der Waals surface area contributed by atoms with Gasteiger partial charge in [0.05, 0.1) is 5.56 Å². The molecule has 0 saturated heterocycles. The topological polar surface area (TPSA) is 63.3 Å². The van der Waals surface area contributed by atoms with Gasteiger partial charge in [0.2, 0.25) is 0 Å². The van der Waals surface area contributed by atoms with E-state index in [1.54, 1.807) is 12.1 Å². The van der Waals surface area contributed by atoms with Gasteiger partial charge in [-0.2, -0.15) is 0 Å². The van der Waals surface area contributed by atoms with E-state index in [1.165, 1.54) is 0 Å². The molecule has 3 heteroatoms. The maximum Gasteiger partial charge on any atom is 0.336 e. The summed E-state index contributed by atoms with van der Waals surface area (Å²) in [7, 11) is 0. The molecule has 0 amide bonds.